The first-order valence-electron chi connectivity index (χ1n) is 7.93. The first-order chi connectivity index (χ1) is 12.0. The average Bonchev–Trinajstić information content (AvgIpc) is 3.14. The highest BCUT2D eigenvalue weighted by Gasteiger charge is 2.17. The van der Waals surface area contributed by atoms with Gasteiger partial charge in [0.05, 0.1) is 18.3 Å². The normalized spacial score (nSPS) is 12.6. The number of aliphatic hydroxyl groups excluding tert-OH is 1. The van der Waals surface area contributed by atoms with E-state index >= 15 is 0 Å². The zero-order valence-electron chi connectivity index (χ0n) is 14.1. The monoisotopic (exact) mass is 344 g/mol. The Morgan fingerprint density at radius 1 is 1.24 bits per heavy atom. The van der Waals surface area contributed by atoms with Gasteiger partial charge in [0, 0.05) is 24.7 Å². The molecule has 0 spiro atoms. The first kappa shape index (κ1) is 17.1. The van der Waals surface area contributed by atoms with E-state index in [2.05, 4.69) is 10.3 Å². The van der Waals surface area contributed by atoms with Gasteiger partial charge in [-0.2, -0.15) is 0 Å². The number of rotatable bonds is 7. The lowest BCUT2D eigenvalue weighted by molar-refractivity contribution is 0.104. The van der Waals surface area contributed by atoms with Crippen LogP contribution in [0.5, 0.6) is 0 Å². The van der Waals surface area contributed by atoms with E-state index in [4.69, 9.17) is 9.05 Å². The van der Waals surface area contributed by atoms with E-state index in [-0.39, 0.29) is 6.54 Å². The van der Waals surface area contributed by atoms with Crippen molar-refractivity contribution in [3.05, 3.63) is 58.4 Å². The SMILES string of the molecule is Cc1cc(CN(C)CC(O)Cn2c(-c3ccccc3)noc2=O)no1. The van der Waals surface area contributed by atoms with Crippen LogP contribution in [0.3, 0.4) is 0 Å². The quantitative estimate of drug-likeness (QED) is 0.690. The second-order valence-corrected chi connectivity index (χ2v) is 6.03. The van der Waals surface area contributed by atoms with Gasteiger partial charge in [-0.3, -0.25) is 14.0 Å². The Labute approximate surface area is 144 Å². The summed E-state index contributed by atoms with van der Waals surface area (Å²) in [6.07, 6.45) is -0.766. The van der Waals surface area contributed by atoms with Gasteiger partial charge < -0.3 is 9.63 Å². The topological polar surface area (TPSA) is 97.5 Å². The third kappa shape index (κ3) is 4.23. The first-order valence-corrected chi connectivity index (χ1v) is 7.93. The summed E-state index contributed by atoms with van der Waals surface area (Å²) in [5.74, 6) is 0.555. The van der Waals surface area contributed by atoms with Gasteiger partial charge in [-0.15, -0.1) is 0 Å². The molecule has 132 valence electrons. The molecular weight excluding hydrogens is 324 g/mol. The third-order valence-electron chi connectivity index (χ3n) is 3.74. The summed E-state index contributed by atoms with van der Waals surface area (Å²) in [5, 5.41) is 18.1. The highest BCUT2D eigenvalue weighted by Crippen LogP contribution is 2.15. The van der Waals surface area contributed by atoms with Gasteiger partial charge in [-0.05, 0) is 14.0 Å². The number of aromatic nitrogens is 3. The second kappa shape index (κ2) is 7.45. The lowest BCUT2D eigenvalue weighted by atomic mass is 10.2. The van der Waals surface area contributed by atoms with E-state index in [9.17, 15) is 9.90 Å². The molecule has 1 aromatic carbocycles. The average molecular weight is 344 g/mol. The zero-order chi connectivity index (χ0) is 17.8. The molecule has 0 saturated heterocycles. The summed E-state index contributed by atoms with van der Waals surface area (Å²) >= 11 is 0. The van der Waals surface area contributed by atoms with Crippen LogP contribution in [-0.4, -0.2) is 44.6 Å². The molecule has 8 nitrogen and oxygen atoms in total. The zero-order valence-corrected chi connectivity index (χ0v) is 14.1. The Hall–Kier alpha value is -2.71. The van der Waals surface area contributed by atoms with E-state index < -0.39 is 11.9 Å². The van der Waals surface area contributed by atoms with Crippen LogP contribution in [0, 0.1) is 6.92 Å². The van der Waals surface area contributed by atoms with Gasteiger partial charge in [0.15, 0.2) is 5.82 Å². The summed E-state index contributed by atoms with van der Waals surface area (Å²) < 4.78 is 11.1. The molecule has 0 saturated carbocycles. The van der Waals surface area contributed by atoms with E-state index in [1.54, 1.807) is 0 Å². The van der Waals surface area contributed by atoms with Crippen molar-refractivity contribution < 1.29 is 14.2 Å². The Balaban J connectivity index is 1.66. The van der Waals surface area contributed by atoms with E-state index in [1.807, 2.05) is 55.3 Å². The summed E-state index contributed by atoms with van der Waals surface area (Å²) in [7, 11) is 1.86. The van der Waals surface area contributed by atoms with Crippen molar-refractivity contribution in [3.8, 4) is 11.4 Å². The van der Waals surface area contributed by atoms with Crippen molar-refractivity contribution in [2.75, 3.05) is 13.6 Å². The molecule has 0 fully saturated rings. The molecule has 2 heterocycles. The second-order valence-electron chi connectivity index (χ2n) is 6.03. The number of benzene rings is 1. The van der Waals surface area contributed by atoms with Crippen LogP contribution in [-0.2, 0) is 13.1 Å². The lowest BCUT2D eigenvalue weighted by Gasteiger charge is -2.19. The van der Waals surface area contributed by atoms with Crippen LogP contribution < -0.4 is 5.76 Å². The summed E-state index contributed by atoms with van der Waals surface area (Å²) in [6.45, 7) is 2.82. The van der Waals surface area contributed by atoms with E-state index in [0.717, 1.165) is 17.0 Å². The van der Waals surface area contributed by atoms with E-state index in [1.165, 1.54) is 4.57 Å². The minimum absolute atomic E-state index is 0.0920. The van der Waals surface area contributed by atoms with Crippen molar-refractivity contribution in [1.29, 1.82) is 0 Å². The molecule has 3 aromatic rings. The van der Waals surface area contributed by atoms with Gasteiger partial charge in [-0.25, -0.2) is 4.79 Å². The van der Waals surface area contributed by atoms with Crippen molar-refractivity contribution in [2.45, 2.75) is 26.1 Å². The van der Waals surface area contributed by atoms with Crippen molar-refractivity contribution in [3.63, 3.8) is 0 Å². The molecule has 25 heavy (non-hydrogen) atoms. The number of nitrogens with zero attached hydrogens (tertiary/aromatic N) is 4. The molecule has 0 aliphatic heterocycles. The van der Waals surface area contributed by atoms with Crippen molar-refractivity contribution in [2.24, 2.45) is 0 Å². The minimum Gasteiger partial charge on any atom is -0.390 e. The highest BCUT2D eigenvalue weighted by molar-refractivity contribution is 5.54. The molecular formula is C17H20N4O4. The molecule has 0 aliphatic carbocycles. The molecule has 2 aromatic heterocycles. The lowest BCUT2D eigenvalue weighted by Crippen LogP contribution is -2.34. The summed E-state index contributed by atoms with van der Waals surface area (Å²) in [6, 6.07) is 11.1. The van der Waals surface area contributed by atoms with Crippen LogP contribution in [0.25, 0.3) is 11.4 Å². The van der Waals surface area contributed by atoms with E-state index in [0.29, 0.717) is 18.9 Å². The molecule has 0 radical (unpaired) electrons. The van der Waals surface area contributed by atoms with Gasteiger partial charge in [0.2, 0.25) is 0 Å². The van der Waals surface area contributed by atoms with Crippen LogP contribution in [0.1, 0.15) is 11.5 Å². The van der Waals surface area contributed by atoms with Crippen LogP contribution in [0.2, 0.25) is 0 Å². The Morgan fingerprint density at radius 2 is 2.00 bits per heavy atom. The molecule has 1 unspecified atom stereocenters. The third-order valence-corrected chi connectivity index (χ3v) is 3.74. The Kier molecular flexibility index (Phi) is 5.11. The summed E-state index contributed by atoms with van der Waals surface area (Å²) in [4.78, 5) is 13.8. The predicted molar refractivity (Wildman–Crippen MR) is 89.8 cm³/mol. The maximum Gasteiger partial charge on any atom is 0.441 e. The van der Waals surface area contributed by atoms with Gasteiger partial charge in [0.1, 0.15) is 5.76 Å². The number of likely N-dealkylation sites (N-methyl/N-ethyl adjacent to an activating group) is 1. The maximum atomic E-state index is 11.9. The molecule has 0 amide bonds. The van der Waals surface area contributed by atoms with Crippen LogP contribution in [0.4, 0.5) is 0 Å². The standard InChI is InChI=1S/C17H20N4O4/c1-12-8-14(18-24-12)9-20(2)10-15(22)11-21-16(19-25-17(21)23)13-6-4-3-5-7-13/h3-8,15,22H,9-11H2,1-2H3. The minimum atomic E-state index is -0.766. The number of aryl methyl sites for hydroxylation is 1. The molecule has 0 aliphatic rings. The van der Waals surface area contributed by atoms with Crippen molar-refractivity contribution >= 4 is 0 Å². The fourth-order valence-corrected chi connectivity index (χ4v) is 2.69. The van der Waals surface area contributed by atoms with Gasteiger partial charge in [-0.1, -0.05) is 40.6 Å². The van der Waals surface area contributed by atoms with Crippen LogP contribution >= 0.6 is 0 Å². The fraction of sp³-hybridized carbons (Fsp3) is 0.353. The smallest absolute Gasteiger partial charge is 0.390 e. The van der Waals surface area contributed by atoms with Crippen LogP contribution in [0.15, 0.2) is 50.2 Å². The molecule has 3 rings (SSSR count). The Morgan fingerprint density at radius 3 is 2.68 bits per heavy atom. The summed E-state index contributed by atoms with van der Waals surface area (Å²) in [5.41, 5.74) is 1.55. The fourth-order valence-electron chi connectivity index (χ4n) is 2.69. The highest BCUT2D eigenvalue weighted by atomic mass is 16.5. The molecule has 1 N–H and O–H groups in total. The van der Waals surface area contributed by atoms with Gasteiger partial charge >= 0.3 is 5.76 Å². The number of hydrogen-bond acceptors (Lipinski definition) is 7. The van der Waals surface area contributed by atoms with Crippen molar-refractivity contribution in [1.82, 2.24) is 19.8 Å². The Bertz CT molecular complexity index is 868. The molecule has 1 atom stereocenters. The predicted octanol–water partition coefficient (Wildman–Crippen LogP) is 1.29. The van der Waals surface area contributed by atoms with Gasteiger partial charge in [0.25, 0.3) is 0 Å². The molecule has 8 heteroatoms. The number of hydrogen-bond donors (Lipinski definition) is 1. The maximum absolute atomic E-state index is 11.9. The largest absolute Gasteiger partial charge is 0.441 e. The molecule has 0 bridgehead atoms. The number of aliphatic hydroxyl groups is 1.